The van der Waals surface area contributed by atoms with Crippen LogP contribution in [0.4, 0.5) is 0 Å². The molecule has 0 atom stereocenters. The molecule has 2 rings (SSSR count). The van der Waals surface area contributed by atoms with Crippen molar-refractivity contribution in [3.8, 4) is 0 Å². The summed E-state index contributed by atoms with van der Waals surface area (Å²) in [5.41, 5.74) is 1.14. The summed E-state index contributed by atoms with van der Waals surface area (Å²) in [7, 11) is 0. The second-order valence-electron chi connectivity index (χ2n) is 2.45. The van der Waals surface area contributed by atoms with Gasteiger partial charge in [-0.2, -0.15) is 0 Å². The highest BCUT2D eigenvalue weighted by Gasteiger charge is 2.11. The molecule has 0 aliphatic heterocycles. The Labute approximate surface area is 91.5 Å². The third kappa shape index (κ3) is 1.13. The molecule has 0 radical (unpaired) electrons. The molecule has 0 saturated heterocycles. The fraction of sp³-hybridized carbons (Fsp3) is 0.125. The van der Waals surface area contributed by atoms with Crippen LogP contribution in [0.1, 0.15) is 15.2 Å². The molecule has 0 aliphatic rings. The van der Waals surface area contributed by atoms with Gasteiger partial charge in [0.25, 0.3) is 0 Å². The Bertz CT molecular complexity index is 441. The highest BCUT2D eigenvalue weighted by molar-refractivity contribution is 14.1. The monoisotopic (exact) mass is 308 g/mol. The van der Waals surface area contributed by atoms with E-state index in [0.29, 0.717) is 0 Å². The first-order valence-corrected chi connectivity index (χ1v) is 6.13. The van der Waals surface area contributed by atoms with Crippen LogP contribution in [0, 0.1) is 10.5 Å². The third-order valence-electron chi connectivity index (χ3n) is 1.73. The SMILES string of the molecule is Cc1c(C=O)sc2c(I)csc12. The second kappa shape index (κ2) is 3.08. The maximum atomic E-state index is 10.6. The molecule has 2 heterocycles. The minimum absolute atomic E-state index is 0.870. The lowest BCUT2D eigenvalue weighted by Crippen LogP contribution is -1.73. The predicted molar refractivity (Wildman–Crippen MR) is 62.5 cm³/mol. The molecular formula is C8H5IOS2. The van der Waals surface area contributed by atoms with Gasteiger partial charge in [-0.25, -0.2) is 0 Å². The number of carbonyl (C=O) groups excluding carboxylic acids is 1. The van der Waals surface area contributed by atoms with Crippen LogP contribution >= 0.6 is 45.3 Å². The summed E-state index contributed by atoms with van der Waals surface area (Å²) >= 11 is 5.62. The first kappa shape index (κ1) is 8.65. The minimum Gasteiger partial charge on any atom is -0.297 e. The maximum Gasteiger partial charge on any atom is 0.160 e. The van der Waals surface area contributed by atoms with Crippen molar-refractivity contribution >= 4 is 61.0 Å². The zero-order valence-electron chi connectivity index (χ0n) is 6.26. The first-order valence-electron chi connectivity index (χ1n) is 3.35. The minimum atomic E-state index is 0.870. The molecule has 0 unspecified atom stereocenters. The van der Waals surface area contributed by atoms with Crippen molar-refractivity contribution < 1.29 is 4.79 Å². The third-order valence-corrected chi connectivity index (χ3v) is 5.85. The number of aryl methyl sites for hydroxylation is 1. The van der Waals surface area contributed by atoms with Gasteiger partial charge in [0.15, 0.2) is 6.29 Å². The zero-order valence-corrected chi connectivity index (χ0v) is 10.0. The highest BCUT2D eigenvalue weighted by atomic mass is 127. The molecule has 0 bridgehead atoms. The van der Waals surface area contributed by atoms with Gasteiger partial charge in [-0.1, -0.05) is 0 Å². The normalized spacial score (nSPS) is 10.8. The van der Waals surface area contributed by atoms with Gasteiger partial charge < -0.3 is 0 Å². The maximum absolute atomic E-state index is 10.6. The number of hydrogen-bond acceptors (Lipinski definition) is 3. The van der Waals surface area contributed by atoms with Gasteiger partial charge in [0.2, 0.25) is 0 Å². The van der Waals surface area contributed by atoms with Crippen molar-refractivity contribution in [1.82, 2.24) is 0 Å². The molecule has 0 amide bonds. The summed E-state index contributed by atoms with van der Waals surface area (Å²) in [4.78, 5) is 11.5. The Hall–Kier alpha value is 0.0600. The number of fused-ring (bicyclic) bond motifs is 1. The van der Waals surface area contributed by atoms with Crippen molar-refractivity contribution in [2.24, 2.45) is 0 Å². The molecule has 4 heteroatoms. The van der Waals surface area contributed by atoms with Gasteiger partial charge in [-0.15, -0.1) is 22.7 Å². The molecule has 0 saturated carbocycles. The lowest BCUT2D eigenvalue weighted by molar-refractivity contribution is 0.112. The van der Waals surface area contributed by atoms with Gasteiger partial charge in [-0.05, 0) is 35.1 Å². The lowest BCUT2D eigenvalue weighted by Gasteiger charge is -1.82. The molecule has 0 spiro atoms. The van der Waals surface area contributed by atoms with Crippen LogP contribution in [-0.4, -0.2) is 6.29 Å². The van der Waals surface area contributed by atoms with Crippen molar-refractivity contribution in [3.63, 3.8) is 0 Å². The fourth-order valence-corrected chi connectivity index (χ4v) is 4.43. The number of halogens is 1. The average molecular weight is 308 g/mol. The van der Waals surface area contributed by atoms with Crippen molar-refractivity contribution in [2.45, 2.75) is 6.92 Å². The van der Waals surface area contributed by atoms with Crippen LogP contribution in [0.2, 0.25) is 0 Å². The van der Waals surface area contributed by atoms with E-state index in [4.69, 9.17) is 0 Å². The number of aldehydes is 1. The number of rotatable bonds is 1. The van der Waals surface area contributed by atoms with Crippen LogP contribution in [0.5, 0.6) is 0 Å². The molecule has 0 fully saturated rings. The average Bonchev–Trinajstić information content (AvgIpc) is 2.55. The summed E-state index contributed by atoms with van der Waals surface area (Å²) in [6.45, 7) is 2.01. The number of hydrogen-bond donors (Lipinski definition) is 0. The zero-order chi connectivity index (χ0) is 8.72. The van der Waals surface area contributed by atoms with E-state index in [1.807, 2.05) is 6.92 Å². The van der Waals surface area contributed by atoms with Crippen LogP contribution in [0.25, 0.3) is 9.40 Å². The van der Waals surface area contributed by atoms with Gasteiger partial charge in [0.05, 0.1) is 9.58 Å². The standard InChI is InChI=1S/C8H5IOS2/c1-4-6(2-10)12-8-5(9)3-11-7(4)8/h2-3H,1H3. The van der Waals surface area contributed by atoms with E-state index in [2.05, 4.69) is 28.0 Å². The molecule has 2 aromatic rings. The van der Waals surface area contributed by atoms with Gasteiger partial charge >= 0.3 is 0 Å². The second-order valence-corrected chi connectivity index (χ2v) is 5.55. The van der Waals surface area contributed by atoms with E-state index >= 15 is 0 Å². The van der Waals surface area contributed by atoms with Crippen molar-refractivity contribution in [1.29, 1.82) is 0 Å². The Balaban J connectivity index is 2.87. The topological polar surface area (TPSA) is 17.1 Å². The van der Waals surface area contributed by atoms with E-state index in [9.17, 15) is 4.79 Å². The Morgan fingerprint density at radius 3 is 2.83 bits per heavy atom. The van der Waals surface area contributed by atoms with Gasteiger partial charge in [0.1, 0.15) is 0 Å². The molecule has 0 aromatic carbocycles. The summed E-state index contributed by atoms with van der Waals surface area (Å²) in [6.07, 6.45) is 0.947. The predicted octanol–water partition coefficient (Wildman–Crippen LogP) is 3.69. The van der Waals surface area contributed by atoms with Crippen molar-refractivity contribution in [2.75, 3.05) is 0 Å². The Morgan fingerprint density at radius 2 is 2.25 bits per heavy atom. The van der Waals surface area contributed by atoms with E-state index in [1.165, 1.54) is 13.0 Å². The molecule has 62 valence electrons. The Morgan fingerprint density at radius 1 is 1.50 bits per heavy atom. The quantitative estimate of drug-likeness (QED) is 0.580. The van der Waals surface area contributed by atoms with Crippen molar-refractivity contribution in [3.05, 3.63) is 19.4 Å². The molecule has 0 N–H and O–H groups in total. The summed E-state index contributed by atoms with van der Waals surface area (Å²) in [6, 6.07) is 0. The summed E-state index contributed by atoms with van der Waals surface area (Å²) in [5.74, 6) is 0. The summed E-state index contributed by atoms with van der Waals surface area (Å²) in [5, 5.41) is 2.13. The molecular weight excluding hydrogens is 303 g/mol. The van der Waals surface area contributed by atoms with Crippen LogP contribution in [0.3, 0.4) is 0 Å². The number of thiophene rings is 2. The van der Waals surface area contributed by atoms with E-state index in [0.717, 1.165) is 16.7 Å². The fourth-order valence-electron chi connectivity index (χ4n) is 1.09. The summed E-state index contributed by atoms with van der Waals surface area (Å²) < 4.78 is 3.79. The lowest BCUT2D eigenvalue weighted by atomic mass is 10.3. The number of carbonyl (C=O) groups is 1. The van der Waals surface area contributed by atoms with E-state index < -0.39 is 0 Å². The van der Waals surface area contributed by atoms with E-state index in [1.54, 1.807) is 22.7 Å². The van der Waals surface area contributed by atoms with Gasteiger partial charge in [0, 0.05) is 13.7 Å². The molecule has 0 aliphatic carbocycles. The molecule has 2 aromatic heterocycles. The van der Waals surface area contributed by atoms with Gasteiger partial charge in [-0.3, -0.25) is 4.79 Å². The van der Waals surface area contributed by atoms with Crippen LogP contribution in [0.15, 0.2) is 5.38 Å². The van der Waals surface area contributed by atoms with E-state index in [-0.39, 0.29) is 0 Å². The highest BCUT2D eigenvalue weighted by Crippen LogP contribution is 2.37. The molecule has 12 heavy (non-hydrogen) atoms. The first-order chi connectivity index (χ1) is 5.74. The smallest absolute Gasteiger partial charge is 0.160 e. The molecule has 1 nitrogen and oxygen atoms in total. The largest absolute Gasteiger partial charge is 0.297 e. The van der Waals surface area contributed by atoms with Crippen LogP contribution < -0.4 is 0 Å². The Kier molecular flexibility index (Phi) is 2.22. The van der Waals surface area contributed by atoms with Crippen LogP contribution in [-0.2, 0) is 0 Å².